The van der Waals surface area contributed by atoms with Crippen LogP contribution in [0.2, 0.25) is 0 Å². The minimum Gasteiger partial charge on any atom is -1.00 e. The number of hydrogen-bond acceptors (Lipinski definition) is 11. The summed E-state index contributed by atoms with van der Waals surface area (Å²) >= 11 is 0. The van der Waals surface area contributed by atoms with Crippen LogP contribution in [-0.4, -0.2) is 104 Å². The molecule has 2 aliphatic heterocycles. The standard InChI is InChI=1S/C12H14O2.C9H12O2.C5H8O2.C5H8O.4C3H8O.Na.Ti.H/c1-2-11(12-9-14-12)13-8-10-6-4-3-5-7-10;1-9(2,11-10)8-6-4-3-5-7-8;1-2-4(6)5-3-7-5;1-3-5(6)4-2;4*1-3(2)4;;;/h2-7,11-12H,1,8-9H2;3-7,10H,1-2H3;2,4-6H,1,3H2;3-6H,1-2H2;4*3-4H,1-2H3;;;/q;;;;;;;;+1;;-1/t11-,12+;;4-,5+;;;;;;;;/m1.1......../s1. The van der Waals surface area contributed by atoms with E-state index in [4.69, 9.17) is 50.1 Å². The van der Waals surface area contributed by atoms with Gasteiger partial charge in [-0.05, 0) is 80.4 Å². The van der Waals surface area contributed by atoms with Gasteiger partial charge < -0.3 is 46.3 Å². The molecule has 0 unspecified atom stereocenters. The molecule has 2 fully saturated rings. The molecular formula is C43H75NaO11Ti. The second-order valence-electron chi connectivity index (χ2n) is 13.3. The second kappa shape index (κ2) is 43.3. The van der Waals surface area contributed by atoms with Gasteiger partial charge in [-0.2, -0.15) is 0 Å². The second-order valence-corrected chi connectivity index (χ2v) is 13.3. The van der Waals surface area contributed by atoms with Crippen molar-refractivity contribution in [3.05, 3.63) is 122 Å². The molecule has 0 saturated carbocycles. The maximum absolute atomic E-state index is 8.75. The smallest absolute Gasteiger partial charge is 1.00 e. The van der Waals surface area contributed by atoms with Crippen LogP contribution in [0.4, 0.5) is 0 Å². The number of ether oxygens (including phenoxy) is 3. The van der Waals surface area contributed by atoms with Crippen molar-refractivity contribution in [2.45, 2.75) is 136 Å². The van der Waals surface area contributed by atoms with Crippen LogP contribution >= 0.6 is 0 Å². The van der Waals surface area contributed by atoms with E-state index in [1.165, 1.54) is 23.8 Å². The van der Waals surface area contributed by atoms with Crippen molar-refractivity contribution in [2.24, 2.45) is 0 Å². The number of aliphatic hydroxyl groups excluding tert-OH is 6. The third-order valence-electron chi connectivity index (χ3n) is 5.40. The summed E-state index contributed by atoms with van der Waals surface area (Å²) in [6.45, 7) is 33.2. The molecule has 13 heteroatoms. The number of epoxide rings is 2. The minimum atomic E-state index is -0.610. The Hall–Kier alpha value is -1.33. The van der Waals surface area contributed by atoms with Crippen LogP contribution in [0.1, 0.15) is 81.8 Å². The van der Waals surface area contributed by atoms with Crippen LogP contribution in [0.5, 0.6) is 0 Å². The Bertz CT molecular complexity index is 1090. The Labute approximate surface area is 377 Å². The molecule has 2 aromatic rings. The van der Waals surface area contributed by atoms with E-state index in [0.717, 1.165) is 12.2 Å². The fourth-order valence-corrected chi connectivity index (χ4v) is 2.73. The first-order valence-electron chi connectivity index (χ1n) is 18.0. The largest absolute Gasteiger partial charge is 1.00 e. The zero-order valence-electron chi connectivity index (χ0n) is 37.0. The minimum absolute atomic E-state index is 0. The van der Waals surface area contributed by atoms with Gasteiger partial charge in [0, 0.05) is 46.1 Å². The van der Waals surface area contributed by atoms with Crippen molar-refractivity contribution in [2.75, 3.05) is 13.2 Å². The monoisotopic (exact) mass is 838 g/mol. The first-order chi connectivity index (χ1) is 25.1. The number of hydrogen-bond donors (Lipinski definition) is 7. The van der Waals surface area contributed by atoms with Crippen LogP contribution in [0, 0.1) is 0 Å². The Morgan fingerprint density at radius 1 is 0.661 bits per heavy atom. The quantitative estimate of drug-likeness (QED) is 0.0573. The molecule has 4 rings (SSSR count). The van der Waals surface area contributed by atoms with Gasteiger partial charge in [-0.25, -0.2) is 4.89 Å². The molecule has 2 aromatic carbocycles. The molecule has 0 spiro atoms. The van der Waals surface area contributed by atoms with Crippen LogP contribution in [0.3, 0.4) is 0 Å². The SMILES string of the molecule is C=CC(O)C=C.C=C[C@@H](O)[C@@H]1CO1.C=C[C@@H](OCc1ccccc1)[C@@H]1CO1.CC(C)(OO)c1ccccc1.CC(C)O.CC(C)O.CC(C)O.CC(C)O.[H-].[Na+].[Ti]. The zero-order valence-corrected chi connectivity index (χ0v) is 39.6. The molecule has 0 amide bonds. The molecule has 56 heavy (non-hydrogen) atoms. The first kappa shape index (κ1) is 66.5. The summed E-state index contributed by atoms with van der Waals surface area (Å²) in [4.78, 5) is 4.32. The van der Waals surface area contributed by atoms with Gasteiger partial charge in [-0.1, -0.05) is 85.0 Å². The molecule has 0 radical (unpaired) electrons. The van der Waals surface area contributed by atoms with Gasteiger partial charge in [-0.15, -0.1) is 26.3 Å². The van der Waals surface area contributed by atoms with E-state index in [1.807, 2.05) is 74.5 Å². The van der Waals surface area contributed by atoms with Crippen molar-refractivity contribution < 1.29 is 108 Å². The molecular weight excluding hydrogens is 763 g/mol. The Kier molecular flexibility index (Phi) is 51.4. The van der Waals surface area contributed by atoms with Gasteiger partial charge in [0.2, 0.25) is 0 Å². The summed E-state index contributed by atoms with van der Waals surface area (Å²) in [5.41, 5.74) is 1.53. The summed E-state index contributed by atoms with van der Waals surface area (Å²) in [5.74, 6) is 0. The van der Waals surface area contributed by atoms with Crippen molar-refractivity contribution in [3.8, 4) is 0 Å². The van der Waals surface area contributed by atoms with E-state index in [1.54, 1.807) is 61.5 Å². The number of rotatable bonds is 11. The van der Waals surface area contributed by atoms with E-state index in [-0.39, 0.29) is 95.4 Å². The van der Waals surface area contributed by atoms with Crippen molar-refractivity contribution in [1.29, 1.82) is 0 Å². The Morgan fingerprint density at radius 2 is 1.00 bits per heavy atom. The molecule has 0 aliphatic carbocycles. The van der Waals surface area contributed by atoms with Crippen molar-refractivity contribution >= 4 is 0 Å². The number of benzene rings is 2. The molecule has 318 valence electrons. The first-order valence-corrected chi connectivity index (χ1v) is 18.0. The third kappa shape index (κ3) is 54.8. The zero-order chi connectivity index (χ0) is 42.7. The molecule has 2 heterocycles. The van der Waals surface area contributed by atoms with Crippen molar-refractivity contribution in [1.82, 2.24) is 0 Å². The van der Waals surface area contributed by atoms with Gasteiger partial charge in [-0.3, -0.25) is 5.26 Å². The molecule has 4 atom stereocenters. The van der Waals surface area contributed by atoms with E-state index in [2.05, 4.69) is 31.2 Å². The molecule has 0 bridgehead atoms. The molecule has 2 saturated heterocycles. The van der Waals surface area contributed by atoms with E-state index < -0.39 is 17.8 Å². The maximum Gasteiger partial charge on any atom is 1.00 e. The summed E-state index contributed by atoms with van der Waals surface area (Å²) in [5, 5.41) is 58.0. The summed E-state index contributed by atoms with van der Waals surface area (Å²) in [6, 6.07) is 19.7. The normalized spacial score (nSPS) is 15.1. The Morgan fingerprint density at radius 3 is 1.23 bits per heavy atom. The fraction of sp³-hybridized carbons (Fsp3) is 0.535. The van der Waals surface area contributed by atoms with Gasteiger partial charge in [0.05, 0.1) is 25.9 Å². The van der Waals surface area contributed by atoms with Crippen LogP contribution < -0.4 is 29.6 Å². The van der Waals surface area contributed by atoms with E-state index in [0.29, 0.717) is 13.2 Å². The summed E-state index contributed by atoms with van der Waals surface area (Å²) < 4.78 is 15.6. The Balaban J connectivity index is -0.000000105. The molecule has 11 nitrogen and oxygen atoms in total. The molecule has 7 N–H and O–H groups in total. The van der Waals surface area contributed by atoms with Gasteiger partial charge >= 0.3 is 29.6 Å². The molecule has 0 aromatic heterocycles. The summed E-state index contributed by atoms with van der Waals surface area (Å²) in [6.07, 6.45) is 4.78. The van der Waals surface area contributed by atoms with Gasteiger partial charge in [0.15, 0.2) is 0 Å². The third-order valence-corrected chi connectivity index (χ3v) is 5.40. The predicted molar refractivity (Wildman–Crippen MR) is 221 cm³/mol. The van der Waals surface area contributed by atoms with E-state index in [9.17, 15) is 0 Å². The predicted octanol–water partition coefficient (Wildman–Crippen LogP) is 3.88. The van der Waals surface area contributed by atoms with Gasteiger partial charge in [0.25, 0.3) is 0 Å². The van der Waals surface area contributed by atoms with E-state index >= 15 is 0 Å². The van der Waals surface area contributed by atoms with Crippen LogP contribution in [0.25, 0.3) is 0 Å². The molecule has 2 aliphatic rings. The summed E-state index contributed by atoms with van der Waals surface area (Å²) in [7, 11) is 0. The fourth-order valence-electron chi connectivity index (χ4n) is 2.73. The van der Waals surface area contributed by atoms with Crippen LogP contribution in [-0.2, 0) is 53.0 Å². The topological polar surface area (TPSA) is 185 Å². The maximum atomic E-state index is 8.75. The average molecular weight is 839 g/mol. The van der Waals surface area contributed by atoms with Gasteiger partial charge in [0.1, 0.15) is 30.0 Å². The number of aliphatic hydroxyl groups is 6. The van der Waals surface area contributed by atoms with Crippen molar-refractivity contribution in [3.63, 3.8) is 0 Å². The average Bonchev–Trinajstić information content (AvgIpc) is 4.04. The van der Waals surface area contributed by atoms with Crippen LogP contribution in [0.15, 0.2) is 111 Å².